The van der Waals surface area contributed by atoms with Crippen molar-refractivity contribution >= 4 is 33.3 Å². The monoisotopic (exact) mass is 517 g/mol. The standard InChI is InChI=1S/C26H24BrN5S/c1-17-14-22(18(2)32(17)21-10-7-8-19(27)15-21)25-24(23-11-4-6-13-29-23)30-26(33)31(25)16-20-9-3-5-12-28-20/h3-15,24-25H,16H2,1-2H3,(H,30,33)/t24-,25-/m1/s1. The van der Waals surface area contributed by atoms with E-state index in [1.54, 1.807) is 0 Å². The second-order valence-corrected chi connectivity index (χ2v) is 9.52. The summed E-state index contributed by atoms with van der Waals surface area (Å²) in [5.74, 6) is 0. The molecule has 5 rings (SSSR count). The molecular weight excluding hydrogens is 494 g/mol. The van der Waals surface area contributed by atoms with Crippen LogP contribution in [-0.4, -0.2) is 24.5 Å². The predicted molar refractivity (Wildman–Crippen MR) is 138 cm³/mol. The number of hydrogen-bond acceptors (Lipinski definition) is 3. The molecule has 1 saturated heterocycles. The molecule has 1 N–H and O–H groups in total. The van der Waals surface area contributed by atoms with Crippen molar-refractivity contribution in [1.82, 2.24) is 24.8 Å². The number of nitrogens with zero attached hydrogens (tertiary/aromatic N) is 4. The lowest BCUT2D eigenvalue weighted by Crippen LogP contribution is -2.29. The second kappa shape index (κ2) is 9.08. The lowest BCUT2D eigenvalue weighted by molar-refractivity contribution is 0.307. The van der Waals surface area contributed by atoms with Gasteiger partial charge in [0.2, 0.25) is 0 Å². The van der Waals surface area contributed by atoms with E-state index in [0.717, 1.165) is 21.5 Å². The molecule has 4 heterocycles. The lowest BCUT2D eigenvalue weighted by Gasteiger charge is -2.28. The Morgan fingerprint density at radius 2 is 1.76 bits per heavy atom. The maximum absolute atomic E-state index is 5.83. The quantitative estimate of drug-likeness (QED) is 0.338. The number of aromatic nitrogens is 3. The lowest BCUT2D eigenvalue weighted by atomic mass is 9.96. The molecule has 2 atom stereocenters. The molecule has 33 heavy (non-hydrogen) atoms. The van der Waals surface area contributed by atoms with Crippen LogP contribution in [0.4, 0.5) is 0 Å². The molecule has 4 aromatic rings. The Hall–Kier alpha value is -3.03. The van der Waals surface area contributed by atoms with Crippen molar-refractivity contribution in [2.24, 2.45) is 0 Å². The molecule has 0 saturated carbocycles. The number of thiocarbonyl (C=S) groups is 1. The van der Waals surface area contributed by atoms with Crippen LogP contribution in [0.25, 0.3) is 5.69 Å². The number of benzene rings is 1. The number of halogens is 1. The van der Waals surface area contributed by atoms with Crippen LogP contribution in [0.1, 0.15) is 40.4 Å². The third kappa shape index (κ3) is 4.18. The van der Waals surface area contributed by atoms with E-state index >= 15 is 0 Å². The van der Waals surface area contributed by atoms with Crippen LogP contribution in [0.3, 0.4) is 0 Å². The number of hydrogen-bond donors (Lipinski definition) is 1. The topological polar surface area (TPSA) is 46.0 Å². The average Bonchev–Trinajstić information content (AvgIpc) is 3.30. The molecule has 0 radical (unpaired) electrons. The fourth-order valence-electron chi connectivity index (χ4n) is 4.68. The highest BCUT2D eigenvalue weighted by Crippen LogP contribution is 2.42. The first-order valence-corrected chi connectivity index (χ1v) is 12.1. The van der Waals surface area contributed by atoms with Gasteiger partial charge in [-0.3, -0.25) is 9.97 Å². The van der Waals surface area contributed by atoms with Gasteiger partial charge >= 0.3 is 0 Å². The molecule has 1 aliphatic heterocycles. The summed E-state index contributed by atoms with van der Waals surface area (Å²) >= 11 is 9.45. The van der Waals surface area contributed by atoms with Gasteiger partial charge in [-0.05, 0) is 80.2 Å². The van der Waals surface area contributed by atoms with Gasteiger partial charge in [-0.25, -0.2) is 0 Å². The van der Waals surface area contributed by atoms with Crippen molar-refractivity contribution < 1.29 is 0 Å². The minimum atomic E-state index is -0.0566. The number of rotatable bonds is 5. The first-order valence-electron chi connectivity index (χ1n) is 10.9. The molecule has 0 spiro atoms. The van der Waals surface area contributed by atoms with E-state index in [2.05, 4.69) is 84.9 Å². The second-order valence-electron chi connectivity index (χ2n) is 8.22. The molecule has 0 unspecified atom stereocenters. The molecule has 0 aliphatic carbocycles. The van der Waals surface area contributed by atoms with Gasteiger partial charge in [0.25, 0.3) is 0 Å². The summed E-state index contributed by atoms with van der Waals surface area (Å²) in [7, 11) is 0. The van der Waals surface area contributed by atoms with Gasteiger partial charge in [-0.15, -0.1) is 0 Å². The fourth-order valence-corrected chi connectivity index (χ4v) is 5.37. The Labute approximate surface area is 207 Å². The molecule has 1 fully saturated rings. The molecule has 1 aliphatic rings. The Kier molecular flexibility index (Phi) is 6.00. The van der Waals surface area contributed by atoms with Gasteiger partial charge in [-0.2, -0.15) is 0 Å². The van der Waals surface area contributed by atoms with Gasteiger partial charge in [0, 0.05) is 33.9 Å². The average molecular weight is 518 g/mol. The van der Waals surface area contributed by atoms with Gasteiger partial charge in [0.15, 0.2) is 5.11 Å². The first kappa shape index (κ1) is 21.8. The number of pyridine rings is 2. The van der Waals surface area contributed by atoms with E-state index in [1.807, 2.05) is 48.8 Å². The molecular formula is C26H24BrN5S. The maximum atomic E-state index is 5.83. The Morgan fingerprint density at radius 1 is 0.970 bits per heavy atom. The molecule has 166 valence electrons. The van der Waals surface area contributed by atoms with Crippen LogP contribution in [0.2, 0.25) is 0 Å². The highest BCUT2D eigenvalue weighted by atomic mass is 79.9. The molecule has 5 nitrogen and oxygen atoms in total. The summed E-state index contributed by atoms with van der Waals surface area (Å²) in [6.07, 6.45) is 3.66. The molecule has 1 aromatic carbocycles. The van der Waals surface area contributed by atoms with Crippen LogP contribution in [0.5, 0.6) is 0 Å². The Balaban J connectivity index is 1.62. The zero-order valence-corrected chi connectivity index (χ0v) is 20.8. The number of aryl methyl sites for hydroxylation is 1. The highest BCUT2D eigenvalue weighted by Gasteiger charge is 2.41. The predicted octanol–water partition coefficient (Wildman–Crippen LogP) is 5.82. The SMILES string of the molecule is Cc1cc([C@@H]2[C@@H](c3ccccn3)NC(=S)N2Cc2ccccn2)c(C)n1-c1cccc(Br)c1. The maximum Gasteiger partial charge on any atom is 0.170 e. The van der Waals surface area contributed by atoms with Gasteiger partial charge in [0.1, 0.15) is 0 Å². The summed E-state index contributed by atoms with van der Waals surface area (Å²) in [6.45, 7) is 4.96. The van der Waals surface area contributed by atoms with Crippen LogP contribution >= 0.6 is 28.1 Å². The van der Waals surface area contributed by atoms with Crippen LogP contribution in [0.15, 0.2) is 83.6 Å². The van der Waals surface area contributed by atoms with E-state index in [1.165, 1.54) is 17.0 Å². The van der Waals surface area contributed by atoms with E-state index in [0.29, 0.717) is 11.7 Å². The summed E-state index contributed by atoms with van der Waals surface area (Å²) < 4.78 is 3.36. The van der Waals surface area contributed by atoms with E-state index in [-0.39, 0.29) is 12.1 Å². The third-order valence-electron chi connectivity index (χ3n) is 6.11. The summed E-state index contributed by atoms with van der Waals surface area (Å²) in [6, 6.07) is 22.6. The summed E-state index contributed by atoms with van der Waals surface area (Å²) in [5, 5.41) is 4.26. The van der Waals surface area contributed by atoms with Crippen molar-refractivity contribution in [2.75, 3.05) is 0 Å². The Morgan fingerprint density at radius 3 is 2.45 bits per heavy atom. The van der Waals surface area contributed by atoms with Crippen molar-refractivity contribution in [1.29, 1.82) is 0 Å². The van der Waals surface area contributed by atoms with Crippen LogP contribution in [0, 0.1) is 13.8 Å². The molecule has 3 aromatic heterocycles. The van der Waals surface area contributed by atoms with Crippen molar-refractivity contribution in [3.63, 3.8) is 0 Å². The smallest absolute Gasteiger partial charge is 0.170 e. The molecule has 0 amide bonds. The van der Waals surface area contributed by atoms with Crippen molar-refractivity contribution in [3.8, 4) is 5.69 Å². The fraction of sp³-hybridized carbons (Fsp3) is 0.192. The normalized spacial score (nSPS) is 17.9. The Bertz CT molecular complexity index is 1290. The minimum Gasteiger partial charge on any atom is -0.352 e. The highest BCUT2D eigenvalue weighted by molar-refractivity contribution is 9.10. The van der Waals surface area contributed by atoms with Crippen LogP contribution < -0.4 is 5.32 Å². The molecule has 0 bridgehead atoms. The zero-order chi connectivity index (χ0) is 22.9. The van der Waals surface area contributed by atoms with E-state index in [4.69, 9.17) is 12.2 Å². The largest absolute Gasteiger partial charge is 0.352 e. The zero-order valence-electron chi connectivity index (χ0n) is 18.4. The van der Waals surface area contributed by atoms with Crippen LogP contribution in [-0.2, 0) is 6.54 Å². The first-order chi connectivity index (χ1) is 16.0. The molecule has 7 heteroatoms. The van der Waals surface area contributed by atoms with Crippen molar-refractivity contribution in [2.45, 2.75) is 32.5 Å². The third-order valence-corrected chi connectivity index (χ3v) is 6.96. The number of nitrogens with one attached hydrogen (secondary N) is 1. The minimum absolute atomic E-state index is 0.0125. The summed E-state index contributed by atoms with van der Waals surface area (Å²) in [5.41, 5.74) is 6.68. The van der Waals surface area contributed by atoms with E-state index in [9.17, 15) is 0 Å². The van der Waals surface area contributed by atoms with Gasteiger partial charge in [-0.1, -0.05) is 34.1 Å². The summed E-state index contributed by atoms with van der Waals surface area (Å²) in [4.78, 5) is 11.5. The van der Waals surface area contributed by atoms with Gasteiger partial charge in [0.05, 0.1) is 30.0 Å². The van der Waals surface area contributed by atoms with Gasteiger partial charge < -0.3 is 14.8 Å². The van der Waals surface area contributed by atoms with Crippen molar-refractivity contribution in [3.05, 3.63) is 112 Å². The van der Waals surface area contributed by atoms with E-state index < -0.39 is 0 Å².